The van der Waals surface area contributed by atoms with Gasteiger partial charge >= 0.3 is 0 Å². The van der Waals surface area contributed by atoms with Gasteiger partial charge < -0.3 is 15.6 Å². The molecule has 1 aliphatic rings. The average molecular weight is 193 g/mol. The van der Waals surface area contributed by atoms with E-state index in [1.54, 1.807) is 6.20 Å². The van der Waals surface area contributed by atoms with Gasteiger partial charge in [-0.1, -0.05) is 0 Å². The Kier molecular flexibility index (Phi) is 2.54. The van der Waals surface area contributed by atoms with E-state index in [2.05, 4.69) is 4.98 Å². The van der Waals surface area contributed by atoms with E-state index in [4.69, 9.17) is 5.73 Å². The molecule has 4 heteroatoms. The highest BCUT2D eigenvalue weighted by Gasteiger charge is 2.24. The molecule has 0 bridgehead atoms. The Morgan fingerprint density at radius 1 is 1.50 bits per heavy atom. The van der Waals surface area contributed by atoms with Gasteiger partial charge in [-0.25, -0.2) is 0 Å². The van der Waals surface area contributed by atoms with Gasteiger partial charge in [0, 0.05) is 25.0 Å². The summed E-state index contributed by atoms with van der Waals surface area (Å²) in [5, 5.41) is 0. The van der Waals surface area contributed by atoms with Crippen LogP contribution in [0.2, 0.25) is 0 Å². The second-order valence-electron chi connectivity index (χ2n) is 3.64. The van der Waals surface area contributed by atoms with Crippen LogP contribution in [0, 0.1) is 0 Å². The molecule has 1 unspecified atom stereocenters. The number of nitrogens with two attached hydrogens (primary N) is 1. The molecular weight excluding hydrogens is 178 g/mol. The summed E-state index contributed by atoms with van der Waals surface area (Å²) in [6.45, 7) is 1.71. The van der Waals surface area contributed by atoms with Gasteiger partial charge in [0.05, 0.1) is 0 Å². The van der Waals surface area contributed by atoms with Crippen molar-refractivity contribution in [3.8, 4) is 0 Å². The molecule has 14 heavy (non-hydrogen) atoms. The number of likely N-dealkylation sites (tertiary alicyclic amines) is 1. The van der Waals surface area contributed by atoms with E-state index in [1.165, 1.54) is 0 Å². The van der Waals surface area contributed by atoms with Crippen molar-refractivity contribution in [1.29, 1.82) is 0 Å². The smallest absolute Gasteiger partial charge is 0.245 e. The number of carbonyl (C=O) groups excluding carboxylic acids is 1. The van der Waals surface area contributed by atoms with Crippen molar-refractivity contribution >= 4 is 5.91 Å². The maximum absolute atomic E-state index is 11.8. The van der Waals surface area contributed by atoms with Crippen LogP contribution in [0.5, 0.6) is 0 Å². The zero-order valence-corrected chi connectivity index (χ0v) is 8.07. The van der Waals surface area contributed by atoms with Gasteiger partial charge in [0.2, 0.25) is 5.91 Å². The lowest BCUT2D eigenvalue weighted by Crippen LogP contribution is -2.36. The van der Waals surface area contributed by atoms with Crippen LogP contribution in [-0.2, 0) is 4.79 Å². The van der Waals surface area contributed by atoms with Crippen LogP contribution in [0.3, 0.4) is 0 Å². The second-order valence-corrected chi connectivity index (χ2v) is 3.64. The van der Waals surface area contributed by atoms with Crippen LogP contribution in [-0.4, -0.2) is 28.9 Å². The molecule has 0 aliphatic carbocycles. The first-order chi connectivity index (χ1) is 6.79. The van der Waals surface area contributed by atoms with Gasteiger partial charge in [-0.3, -0.25) is 4.79 Å². The predicted molar refractivity (Wildman–Crippen MR) is 53.5 cm³/mol. The van der Waals surface area contributed by atoms with Crippen LogP contribution in [0.25, 0.3) is 0 Å². The Labute approximate surface area is 83.1 Å². The van der Waals surface area contributed by atoms with Crippen molar-refractivity contribution in [2.45, 2.75) is 18.9 Å². The van der Waals surface area contributed by atoms with Crippen molar-refractivity contribution < 1.29 is 4.79 Å². The summed E-state index contributed by atoms with van der Waals surface area (Å²) in [5.41, 5.74) is 6.63. The number of H-pyrrole nitrogens is 1. The van der Waals surface area contributed by atoms with Gasteiger partial charge in [0.15, 0.2) is 0 Å². The van der Waals surface area contributed by atoms with Crippen LogP contribution < -0.4 is 5.73 Å². The normalized spacial score (nSPS) is 18.5. The Balaban J connectivity index is 2.04. The summed E-state index contributed by atoms with van der Waals surface area (Å²) in [5.74, 6) is 0.0324. The molecule has 1 aromatic rings. The zero-order chi connectivity index (χ0) is 9.97. The summed E-state index contributed by atoms with van der Waals surface area (Å²) < 4.78 is 0. The molecule has 0 saturated carbocycles. The number of aromatic amines is 1. The zero-order valence-electron chi connectivity index (χ0n) is 8.07. The monoisotopic (exact) mass is 193 g/mol. The maximum atomic E-state index is 11.8. The standard InChI is InChI=1S/C10H15N3O/c11-9(8-4-3-5-12-8)10(14)13-6-1-2-7-13/h3-5,9,12H,1-2,6-7,11H2. The van der Waals surface area contributed by atoms with Gasteiger partial charge in [-0.2, -0.15) is 0 Å². The quantitative estimate of drug-likeness (QED) is 0.724. The minimum Gasteiger partial charge on any atom is -0.363 e. The minimum absolute atomic E-state index is 0.0324. The molecule has 1 fully saturated rings. The molecule has 76 valence electrons. The predicted octanol–water partition coefficient (Wildman–Crippen LogP) is 0.637. The molecule has 1 aliphatic heterocycles. The fraction of sp³-hybridized carbons (Fsp3) is 0.500. The third kappa shape index (κ3) is 1.65. The summed E-state index contributed by atoms with van der Waals surface area (Å²) in [6.07, 6.45) is 3.98. The Bertz CT molecular complexity index is 301. The van der Waals surface area contributed by atoms with Crippen LogP contribution in [0.15, 0.2) is 18.3 Å². The van der Waals surface area contributed by atoms with Crippen molar-refractivity contribution in [3.63, 3.8) is 0 Å². The van der Waals surface area contributed by atoms with Gasteiger partial charge in [0.1, 0.15) is 6.04 Å². The van der Waals surface area contributed by atoms with E-state index < -0.39 is 6.04 Å². The molecule has 0 spiro atoms. The first-order valence-electron chi connectivity index (χ1n) is 4.96. The molecule has 4 nitrogen and oxygen atoms in total. The third-order valence-corrected chi connectivity index (χ3v) is 2.64. The molecule has 0 aromatic carbocycles. The first kappa shape index (κ1) is 9.27. The van der Waals surface area contributed by atoms with Crippen molar-refractivity contribution in [1.82, 2.24) is 9.88 Å². The highest BCUT2D eigenvalue weighted by molar-refractivity contribution is 5.82. The molecule has 1 aromatic heterocycles. The molecular formula is C10H15N3O. The Morgan fingerprint density at radius 3 is 2.79 bits per heavy atom. The molecule has 0 radical (unpaired) electrons. The number of carbonyl (C=O) groups is 1. The highest BCUT2D eigenvalue weighted by atomic mass is 16.2. The summed E-state index contributed by atoms with van der Waals surface area (Å²) in [4.78, 5) is 16.6. The molecule has 1 saturated heterocycles. The Morgan fingerprint density at radius 2 is 2.21 bits per heavy atom. The number of hydrogen-bond acceptors (Lipinski definition) is 2. The number of aromatic nitrogens is 1. The fourth-order valence-corrected chi connectivity index (χ4v) is 1.80. The first-order valence-corrected chi connectivity index (χ1v) is 4.96. The lowest BCUT2D eigenvalue weighted by molar-refractivity contribution is -0.131. The summed E-state index contributed by atoms with van der Waals surface area (Å²) >= 11 is 0. The molecule has 3 N–H and O–H groups in total. The van der Waals surface area contributed by atoms with E-state index in [0.717, 1.165) is 31.6 Å². The summed E-state index contributed by atoms with van der Waals surface area (Å²) in [7, 11) is 0. The lowest BCUT2D eigenvalue weighted by atomic mass is 10.2. The molecule has 2 rings (SSSR count). The van der Waals surface area contributed by atoms with E-state index in [9.17, 15) is 4.79 Å². The fourth-order valence-electron chi connectivity index (χ4n) is 1.80. The molecule has 2 heterocycles. The maximum Gasteiger partial charge on any atom is 0.245 e. The van der Waals surface area contributed by atoms with Crippen LogP contribution in [0.4, 0.5) is 0 Å². The topological polar surface area (TPSA) is 62.1 Å². The molecule has 1 amide bonds. The largest absolute Gasteiger partial charge is 0.363 e. The van der Waals surface area contributed by atoms with Gasteiger partial charge in [-0.15, -0.1) is 0 Å². The average Bonchev–Trinajstić information content (AvgIpc) is 2.87. The van der Waals surface area contributed by atoms with E-state index in [1.807, 2.05) is 17.0 Å². The van der Waals surface area contributed by atoms with Gasteiger partial charge in [-0.05, 0) is 25.0 Å². The van der Waals surface area contributed by atoms with E-state index in [0.29, 0.717) is 0 Å². The van der Waals surface area contributed by atoms with Crippen molar-refractivity contribution in [3.05, 3.63) is 24.0 Å². The minimum atomic E-state index is -0.525. The SMILES string of the molecule is NC(C(=O)N1CCCC1)c1ccc[nH]1. The van der Waals surface area contributed by atoms with Gasteiger partial charge in [0.25, 0.3) is 0 Å². The Hall–Kier alpha value is -1.29. The highest BCUT2D eigenvalue weighted by Crippen LogP contribution is 2.15. The number of hydrogen-bond donors (Lipinski definition) is 2. The van der Waals surface area contributed by atoms with E-state index >= 15 is 0 Å². The lowest BCUT2D eigenvalue weighted by Gasteiger charge is -2.19. The van der Waals surface area contributed by atoms with E-state index in [-0.39, 0.29) is 5.91 Å². The number of nitrogens with zero attached hydrogens (tertiary/aromatic N) is 1. The third-order valence-electron chi connectivity index (χ3n) is 2.64. The van der Waals surface area contributed by atoms with Crippen molar-refractivity contribution in [2.75, 3.05) is 13.1 Å². The number of amides is 1. The molecule has 1 atom stereocenters. The van der Waals surface area contributed by atoms with Crippen LogP contribution in [0.1, 0.15) is 24.6 Å². The van der Waals surface area contributed by atoms with Crippen LogP contribution >= 0.6 is 0 Å². The summed E-state index contributed by atoms with van der Waals surface area (Å²) in [6, 6.07) is 3.17. The van der Waals surface area contributed by atoms with Crippen molar-refractivity contribution in [2.24, 2.45) is 5.73 Å². The number of rotatable bonds is 2. The second kappa shape index (κ2) is 3.84. The number of nitrogens with one attached hydrogen (secondary N) is 1.